The Labute approximate surface area is 127 Å². The van der Waals surface area contributed by atoms with Gasteiger partial charge < -0.3 is 9.47 Å². The Morgan fingerprint density at radius 1 is 0.810 bits per heavy atom. The van der Waals surface area contributed by atoms with Crippen LogP contribution in [-0.2, 0) is 0 Å². The zero-order chi connectivity index (χ0) is 14.7. The largest absolute Gasteiger partial charge is 0.496 e. The smallest absolute Gasteiger partial charge is 0.129 e. The lowest BCUT2D eigenvalue weighted by molar-refractivity contribution is 0.416. The molecule has 0 atom stereocenters. The highest BCUT2D eigenvalue weighted by Gasteiger charge is 2.12. The maximum Gasteiger partial charge on any atom is 0.129 e. The fraction of sp³-hybridized carbons (Fsp3) is 0.118. The lowest BCUT2D eigenvalue weighted by Gasteiger charge is -2.06. The molecule has 0 spiro atoms. The van der Waals surface area contributed by atoms with Crippen molar-refractivity contribution in [1.82, 2.24) is 4.98 Å². The number of benzene rings is 2. The fourth-order valence-electron chi connectivity index (χ4n) is 2.20. The van der Waals surface area contributed by atoms with E-state index in [1.54, 1.807) is 25.6 Å². The molecule has 0 aliphatic rings. The average molecular weight is 297 g/mol. The van der Waals surface area contributed by atoms with Crippen molar-refractivity contribution >= 4 is 11.3 Å². The van der Waals surface area contributed by atoms with E-state index in [1.165, 1.54) is 0 Å². The van der Waals surface area contributed by atoms with Crippen molar-refractivity contribution in [3.8, 4) is 33.3 Å². The second-order valence-corrected chi connectivity index (χ2v) is 5.30. The number of para-hydroxylation sites is 2. The summed E-state index contributed by atoms with van der Waals surface area (Å²) in [7, 11) is 3.35. The second kappa shape index (κ2) is 5.97. The van der Waals surface area contributed by atoms with E-state index in [0.717, 1.165) is 33.3 Å². The van der Waals surface area contributed by atoms with Crippen molar-refractivity contribution in [2.75, 3.05) is 14.2 Å². The monoisotopic (exact) mass is 297 g/mol. The Kier molecular flexibility index (Phi) is 3.88. The number of nitrogens with zero attached hydrogens (tertiary/aromatic N) is 1. The SMILES string of the molecule is COc1ccccc1-c1csc(-c2ccccc2OC)n1. The van der Waals surface area contributed by atoms with Crippen molar-refractivity contribution in [3.05, 3.63) is 53.9 Å². The number of thiazole rings is 1. The molecule has 1 heterocycles. The van der Waals surface area contributed by atoms with E-state index >= 15 is 0 Å². The summed E-state index contributed by atoms with van der Waals surface area (Å²) in [6.07, 6.45) is 0. The van der Waals surface area contributed by atoms with Crippen molar-refractivity contribution in [2.24, 2.45) is 0 Å². The van der Waals surface area contributed by atoms with Gasteiger partial charge in [0, 0.05) is 10.9 Å². The molecule has 3 aromatic rings. The van der Waals surface area contributed by atoms with Crippen LogP contribution < -0.4 is 9.47 Å². The Morgan fingerprint density at radius 3 is 2.05 bits per heavy atom. The predicted molar refractivity (Wildman–Crippen MR) is 86.1 cm³/mol. The van der Waals surface area contributed by atoms with Gasteiger partial charge in [-0.25, -0.2) is 4.98 Å². The molecule has 3 rings (SSSR count). The Hall–Kier alpha value is -2.33. The number of hydrogen-bond donors (Lipinski definition) is 0. The molecule has 0 saturated heterocycles. The number of methoxy groups -OCH3 is 2. The van der Waals surface area contributed by atoms with Crippen molar-refractivity contribution in [2.45, 2.75) is 0 Å². The molecule has 21 heavy (non-hydrogen) atoms. The van der Waals surface area contributed by atoms with Gasteiger partial charge in [0.2, 0.25) is 0 Å². The Balaban J connectivity index is 2.04. The molecule has 1 aromatic heterocycles. The van der Waals surface area contributed by atoms with Gasteiger partial charge >= 0.3 is 0 Å². The van der Waals surface area contributed by atoms with E-state index in [0.29, 0.717) is 0 Å². The van der Waals surface area contributed by atoms with Gasteiger partial charge in [-0.15, -0.1) is 11.3 Å². The molecule has 0 bridgehead atoms. The van der Waals surface area contributed by atoms with Crippen LogP contribution in [0.1, 0.15) is 0 Å². The van der Waals surface area contributed by atoms with Crippen LogP contribution in [0, 0.1) is 0 Å². The topological polar surface area (TPSA) is 31.4 Å². The van der Waals surface area contributed by atoms with Crippen LogP contribution in [0.15, 0.2) is 53.9 Å². The van der Waals surface area contributed by atoms with Crippen molar-refractivity contribution in [3.63, 3.8) is 0 Å². The zero-order valence-electron chi connectivity index (χ0n) is 11.9. The Bertz CT molecular complexity index is 690. The summed E-state index contributed by atoms with van der Waals surface area (Å²) in [6, 6.07) is 15.8. The summed E-state index contributed by atoms with van der Waals surface area (Å²) < 4.78 is 10.8. The van der Waals surface area contributed by atoms with Gasteiger partial charge in [-0.1, -0.05) is 24.3 Å². The molecule has 4 heteroatoms. The normalized spacial score (nSPS) is 10.4. The van der Waals surface area contributed by atoms with Gasteiger partial charge in [0.1, 0.15) is 16.5 Å². The lowest BCUT2D eigenvalue weighted by Crippen LogP contribution is -1.89. The molecule has 0 saturated carbocycles. The number of rotatable bonds is 4. The van der Waals surface area contributed by atoms with E-state index in [4.69, 9.17) is 14.5 Å². The second-order valence-electron chi connectivity index (χ2n) is 4.44. The predicted octanol–water partition coefficient (Wildman–Crippen LogP) is 4.49. The van der Waals surface area contributed by atoms with E-state index in [1.807, 2.05) is 53.9 Å². The first kappa shape index (κ1) is 13.6. The molecule has 0 unspecified atom stereocenters. The van der Waals surface area contributed by atoms with Crippen LogP contribution in [0.25, 0.3) is 21.8 Å². The summed E-state index contributed by atoms with van der Waals surface area (Å²) in [5.41, 5.74) is 2.92. The summed E-state index contributed by atoms with van der Waals surface area (Å²) >= 11 is 1.60. The third-order valence-electron chi connectivity index (χ3n) is 3.22. The highest BCUT2D eigenvalue weighted by molar-refractivity contribution is 7.13. The quantitative estimate of drug-likeness (QED) is 0.711. The molecule has 0 amide bonds. The van der Waals surface area contributed by atoms with Crippen molar-refractivity contribution < 1.29 is 9.47 Å². The first-order valence-corrected chi connectivity index (χ1v) is 7.43. The van der Waals surface area contributed by atoms with E-state index in [-0.39, 0.29) is 0 Å². The average Bonchev–Trinajstić information content (AvgIpc) is 3.04. The minimum absolute atomic E-state index is 0.828. The molecule has 0 aliphatic heterocycles. The van der Waals surface area contributed by atoms with Crippen LogP contribution in [0.5, 0.6) is 11.5 Å². The number of ether oxygens (including phenoxy) is 2. The standard InChI is InChI=1S/C17H15NO2S/c1-19-15-9-5-3-7-12(15)14-11-21-17(18-14)13-8-4-6-10-16(13)20-2/h3-11H,1-2H3. The highest BCUT2D eigenvalue weighted by atomic mass is 32.1. The molecule has 0 fully saturated rings. The van der Waals surface area contributed by atoms with Gasteiger partial charge in [-0.3, -0.25) is 0 Å². The molecule has 2 aromatic carbocycles. The van der Waals surface area contributed by atoms with Crippen LogP contribution in [0.2, 0.25) is 0 Å². The number of hydrogen-bond acceptors (Lipinski definition) is 4. The van der Waals surface area contributed by atoms with E-state index in [2.05, 4.69) is 0 Å². The molecule has 0 radical (unpaired) electrons. The third-order valence-corrected chi connectivity index (χ3v) is 4.10. The summed E-state index contributed by atoms with van der Waals surface area (Å²) in [5, 5.41) is 2.98. The van der Waals surface area contributed by atoms with Crippen LogP contribution in [-0.4, -0.2) is 19.2 Å². The fourth-order valence-corrected chi connectivity index (χ4v) is 3.05. The van der Waals surface area contributed by atoms with Gasteiger partial charge in [-0.05, 0) is 24.3 Å². The molecule has 106 valence electrons. The highest BCUT2D eigenvalue weighted by Crippen LogP contribution is 2.36. The first-order chi connectivity index (χ1) is 10.3. The van der Waals surface area contributed by atoms with Crippen LogP contribution in [0.3, 0.4) is 0 Å². The summed E-state index contributed by atoms with van der Waals surface area (Å²) in [6.45, 7) is 0. The molecule has 0 aliphatic carbocycles. The van der Waals surface area contributed by atoms with Crippen LogP contribution >= 0.6 is 11.3 Å². The third kappa shape index (κ3) is 2.62. The van der Waals surface area contributed by atoms with E-state index in [9.17, 15) is 0 Å². The number of aromatic nitrogens is 1. The van der Waals surface area contributed by atoms with Gasteiger partial charge in [-0.2, -0.15) is 0 Å². The minimum atomic E-state index is 0.828. The molecular weight excluding hydrogens is 282 g/mol. The summed E-state index contributed by atoms with van der Waals surface area (Å²) in [5.74, 6) is 1.66. The van der Waals surface area contributed by atoms with E-state index < -0.39 is 0 Å². The minimum Gasteiger partial charge on any atom is -0.496 e. The Morgan fingerprint density at radius 2 is 1.38 bits per heavy atom. The van der Waals surface area contributed by atoms with Crippen LogP contribution in [0.4, 0.5) is 0 Å². The van der Waals surface area contributed by atoms with Crippen molar-refractivity contribution in [1.29, 1.82) is 0 Å². The van der Waals surface area contributed by atoms with Gasteiger partial charge in [0.25, 0.3) is 0 Å². The summed E-state index contributed by atoms with van der Waals surface area (Å²) in [4.78, 5) is 4.73. The van der Waals surface area contributed by atoms with Gasteiger partial charge in [0.05, 0.1) is 25.5 Å². The maximum absolute atomic E-state index is 5.40. The first-order valence-electron chi connectivity index (χ1n) is 6.56. The van der Waals surface area contributed by atoms with Gasteiger partial charge in [0.15, 0.2) is 0 Å². The maximum atomic E-state index is 5.40. The molecular formula is C17H15NO2S. The molecule has 0 N–H and O–H groups in total. The molecule has 3 nitrogen and oxygen atoms in total. The lowest BCUT2D eigenvalue weighted by atomic mass is 10.1. The zero-order valence-corrected chi connectivity index (χ0v) is 12.7.